The van der Waals surface area contributed by atoms with Gasteiger partial charge in [0.05, 0.1) is 28.8 Å². The molecule has 6 nitrogen and oxygen atoms in total. The average Bonchev–Trinajstić information content (AvgIpc) is 3.16. The molecule has 0 saturated heterocycles. The zero-order chi connectivity index (χ0) is 19.7. The summed E-state index contributed by atoms with van der Waals surface area (Å²) in [5.74, 6) is -0.248. The van der Waals surface area contributed by atoms with Crippen molar-refractivity contribution in [3.05, 3.63) is 77.5 Å². The zero-order valence-electron chi connectivity index (χ0n) is 15.5. The van der Waals surface area contributed by atoms with E-state index >= 15 is 0 Å². The van der Waals surface area contributed by atoms with E-state index < -0.39 is 9.84 Å². The molecule has 1 atom stereocenters. The number of fused-ring (bicyclic) bond motifs is 1. The Morgan fingerprint density at radius 3 is 2.36 bits per heavy atom. The van der Waals surface area contributed by atoms with Crippen LogP contribution in [0.2, 0.25) is 0 Å². The molecule has 2 aromatic carbocycles. The van der Waals surface area contributed by atoms with Crippen molar-refractivity contribution in [3.63, 3.8) is 0 Å². The van der Waals surface area contributed by atoms with Gasteiger partial charge in [-0.25, -0.2) is 13.1 Å². The van der Waals surface area contributed by atoms with E-state index in [9.17, 15) is 13.2 Å². The van der Waals surface area contributed by atoms with E-state index in [-0.39, 0.29) is 23.3 Å². The number of hydrogen-bond acceptors (Lipinski definition) is 4. The Balaban J connectivity index is 1.73. The van der Waals surface area contributed by atoms with Crippen molar-refractivity contribution < 1.29 is 13.2 Å². The van der Waals surface area contributed by atoms with Gasteiger partial charge < -0.3 is 5.32 Å². The molecule has 2 heterocycles. The predicted octanol–water partition coefficient (Wildman–Crippen LogP) is 3.43. The molecular weight excluding hydrogens is 374 g/mol. The summed E-state index contributed by atoms with van der Waals surface area (Å²) in [6.07, 6.45) is 0.635. The maximum Gasteiger partial charge on any atom is 0.233 e. The molecule has 1 aromatic heterocycles. The first-order chi connectivity index (χ1) is 13.5. The summed E-state index contributed by atoms with van der Waals surface area (Å²) < 4.78 is 25.8. The van der Waals surface area contributed by atoms with Crippen molar-refractivity contribution in [2.45, 2.75) is 30.8 Å². The van der Waals surface area contributed by atoms with Crippen LogP contribution in [0.5, 0.6) is 0 Å². The summed E-state index contributed by atoms with van der Waals surface area (Å²) in [4.78, 5) is 13.1. The lowest BCUT2D eigenvalue weighted by Crippen LogP contribution is -2.23. The number of aromatic nitrogens is 2. The number of para-hydroxylation sites is 1. The van der Waals surface area contributed by atoms with Gasteiger partial charge in [0, 0.05) is 5.56 Å². The maximum atomic E-state index is 13.1. The monoisotopic (exact) mass is 395 g/mol. The van der Waals surface area contributed by atoms with Crippen LogP contribution >= 0.6 is 0 Å². The first-order valence-electron chi connectivity index (χ1n) is 9.21. The lowest BCUT2D eigenvalue weighted by atomic mass is 9.95. The summed E-state index contributed by atoms with van der Waals surface area (Å²) >= 11 is 0. The van der Waals surface area contributed by atoms with Crippen molar-refractivity contribution in [1.29, 1.82) is 0 Å². The molecular formula is C21H21N3O3S. The summed E-state index contributed by atoms with van der Waals surface area (Å²) in [6.45, 7) is 1.96. The Bertz CT molecular complexity index is 1110. The first-order valence-corrected chi connectivity index (χ1v) is 11.0. The van der Waals surface area contributed by atoms with Crippen LogP contribution in [0.1, 0.15) is 36.1 Å². The van der Waals surface area contributed by atoms with Crippen LogP contribution in [-0.4, -0.2) is 24.1 Å². The molecule has 1 N–H and O–H groups in total. The van der Waals surface area contributed by atoms with Gasteiger partial charge in [-0.15, -0.1) is 0 Å². The largest absolute Gasteiger partial charge is 0.310 e. The smallest absolute Gasteiger partial charge is 0.233 e. The Morgan fingerprint density at radius 2 is 1.71 bits per heavy atom. The standard InChI is InChI=1S/C21H21N3O3S/c1-2-17(15-9-5-3-6-10-15)21(25)22-20-18-13-28(26,27)14-19(18)23-24(20)16-11-7-4-8-12-16/h3-12,17H,2,13-14H2,1H3,(H,22,25)/t17-/m0/s1. The normalized spacial score (nSPS) is 15.8. The molecule has 28 heavy (non-hydrogen) atoms. The fraction of sp³-hybridized carbons (Fsp3) is 0.238. The summed E-state index contributed by atoms with van der Waals surface area (Å²) in [5.41, 5.74) is 2.79. The third kappa shape index (κ3) is 3.45. The molecule has 0 fully saturated rings. The van der Waals surface area contributed by atoms with E-state index in [2.05, 4.69) is 10.4 Å². The van der Waals surface area contributed by atoms with E-state index in [4.69, 9.17) is 0 Å². The molecule has 1 amide bonds. The number of carbonyl (C=O) groups is 1. The number of carbonyl (C=O) groups excluding carboxylic acids is 1. The highest BCUT2D eigenvalue weighted by molar-refractivity contribution is 7.90. The van der Waals surface area contributed by atoms with Crippen LogP contribution in [0.15, 0.2) is 60.7 Å². The summed E-state index contributed by atoms with van der Waals surface area (Å²) in [7, 11) is -3.22. The van der Waals surface area contributed by atoms with Crippen LogP contribution in [0.3, 0.4) is 0 Å². The van der Waals surface area contributed by atoms with Gasteiger partial charge in [-0.1, -0.05) is 55.5 Å². The minimum Gasteiger partial charge on any atom is -0.310 e. The molecule has 0 spiro atoms. The van der Waals surface area contributed by atoms with Gasteiger partial charge in [0.15, 0.2) is 9.84 Å². The van der Waals surface area contributed by atoms with Crippen LogP contribution in [0, 0.1) is 0 Å². The molecule has 0 saturated carbocycles. The highest BCUT2D eigenvalue weighted by Gasteiger charge is 2.34. The number of amides is 1. The summed E-state index contributed by atoms with van der Waals surface area (Å²) in [5, 5.41) is 7.46. The number of hydrogen-bond donors (Lipinski definition) is 1. The minimum absolute atomic E-state index is 0.0963. The molecule has 144 valence electrons. The lowest BCUT2D eigenvalue weighted by Gasteiger charge is -2.17. The van der Waals surface area contributed by atoms with Crippen molar-refractivity contribution in [2.24, 2.45) is 0 Å². The topological polar surface area (TPSA) is 81.1 Å². The Morgan fingerprint density at radius 1 is 1.07 bits per heavy atom. The van der Waals surface area contributed by atoms with Crippen LogP contribution in [0.4, 0.5) is 5.82 Å². The molecule has 0 unspecified atom stereocenters. The lowest BCUT2D eigenvalue weighted by molar-refractivity contribution is -0.117. The second-order valence-corrected chi connectivity index (χ2v) is 8.98. The van der Waals surface area contributed by atoms with Crippen molar-refractivity contribution in [2.75, 3.05) is 5.32 Å². The Labute approximate surface area is 164 Å². The first kappa shape index (κ1) is 18.4. The fourth-order valence-electron chi connectivity index (χ4n) is 3.59. The zero-order valence-corrected chi connectivity index (χ0v) is 16.3. The highest BCUT2D eigenvalue weighted by atomic mass is 32.2. The van der Waals surface area contributed by atoms with Gasteiger partial charge in [0.2, 0.25) is 5.91 Å². The number of nitrogens with zero attached hydrogens (tertiary/aromatic N) is 2. The predicted molar refractivity (Wildman–Crippen MR) is 108 cm³/mol. The molecule has 1 aliphatic heterocycles. The Hall–Kier alpha value is -2.93. The van der Waals surface area contributed by atoms with Crippen molar-refractivity contribution >= 4 is 21.6 Å². The SMILES string of the molecule is CC[C@H](C(=O)Nc1c2c(nn1-c1ccccc1)CS(=O)(=O)C2)c1ccccc1. The third-order valence-electron chi connectivity index (χ3n) is 4.96. The quantitative estimate of drug-likeness (QED) is 0.718. The van der Waals surface area contributed by atoms with Gasteiger partial charge >= 0.3 is 0 Å². The van der Waals surface area contributed by atoms with Crippen LogP contribution in [-0.2, 0) is 26.1 Å². The van der Waals surface area contributed by atoms with Crippen LogP contribution in [0.25, 0.3) is 5.69 Å². The number of nitrogens with one attached hydrogen (secondary N) is 1. The average molecular weight is 395 g/mol. The molecule has 3 aromatic rings. The van der Waals surface area contributed by atoms with Gasteiger partial charge in [-0.05, 0) is 24.1 Å². The highest BCUT2D eigenvalue weighted by Crippen LogP contribution is 2.34. The second kappa shape index (κ2) is 7.24. The van der Waals surface area contributed by atoms with E-state index in [1.807, 2.05) is 67.6 Å². The maximum absolute atomic E-state index is 13.1. The van der Waals surface area contributed by atoms with Crippen LogP contribution < -0.4 is 5.32 Å². The van der Waals surface area contributed by atoms with E-state index in [1.54, 1.807) is 4.68 Å². The number of rotatable bonds is 5. The van der Waals surface area contributed by atoms with Gasteiger partial charge in [-0.2, -0.15) is 5.10 Å². The molecule has 0 bridgehead atoms. The van der Waals surface area contributed by atoms with E-state index in [1.165, 1.54) is 0 Å². The molecule has 0 aliphatic carbocycles. The number of benzene rings is 2. The molecule has 0 radical (unpaired) electrons. The minimum atomic E-state index is -3.22. The van der Waals surface area contributed by atoms with Gasteiger partial charge in [-0.3, -0.25) is 4.79 Å². The fourth-order valence-corrected chi connectivity index (χ4v) is 5.08. The Kier molecular flexibility index (Phi) is 4.77. The summed E-state index contributed by atoms with van der Waals surface area (Å²) in [6, 6.07) is 19.0. The van der Waals surface area contributed by atoms with Gasteiger partial charge in [0.25, 0.3) is 0 Å². The number of anilines is 1. The van der Waals surface area contributed by atoms with Crippen molar-refractivity contribution in [1.82, 2.24) is 9.78 Å². The molecule has 7 heteroatoms. The second-order valence-electron chi connectivity index (χ2n) is 6.91. The van der Waals surface area contributed by atoms with E-state index in [0.717, 1.165) is 11.3 Å². The third-order valence-corrected chi connectivity index (χ3v) is 6.40. The van der Waals surface area contributed by atoms with Crippen molar-refractivity contribution in [3.8, 4) is 5.69 Å². The van der Waals surface area contributed by atoms with E-state index in [0.29, 0.717) is 23.5 Å². The number of sulfone groups is 1. The van der Waals surface area contributed by atoms with Gasteiger partial charge in [0.1, 0.15) is 5.82 Å². The molecule has 1 aliphatic rings. The molecule has 4 rings (SSSR count).